The Morgan fingerprint density at radius 1 is 1.15 bits per heavy atom. The van der Waals surface area contributed by atoms with Gasteiger partial charge in [-0.25, -0.2) is 0 Å². The normalized spacial score (nSPS) is 10.4. The van der Waals surface area contributed by atoms with E-state index in [1.165, 1.54) is 6.20 Å². The number of nitrogens with zero attached hydrogens (tertiary/aromatic N) is 2. The number of carbonyl (C=O) groups excluding carboxylic acids is 1. The molecule has 3 rings (SSSR count). The molecule has 1 amide bonds. The summed E-state index contributed by atoms with van der Waals surface area (Å²) in [5, 5.41) is 7.71. The molecule has 0 unspecified atom stereocenters. The van der Waals surface area contributed by atoms with E-state index in [1.54, 1.807) is 43.3 Å². The van der Waals surface area contributed by atoms with Crippen molar-refractivity contribution in [3.05, 3.63) is 71.0 Å². The van der Waals surface area contributed by atoms with E-state index >= 15 is 0 Å². The first kappa shape index (κ1) is 17.8. The lowest BCUT2D eigenvalue weighted by Gasteiger charge is -2.10. The van der Waals surface area contributed by atoms with Gasteiger partial charge in [0.15, 0.2) is 11.5 Å². The average molecular weight is 372 g/mol. The summed E-state index contributed by atoms with van der Waals surface area (Å²) in [6.45, 7) is 0.489. The molecule has 2 aromatic carbocycles. The van der Waals surface area contributed by atoms with Crippen LogP contribution in [-0.4, -0.2) is 29.9 Å². The summed E-state index contributed by atoms with van der Waals surface area (Å²) in [6, 6.07) is 12.7. The van der Waals surface area contributed by atoms with Gasteiger partial charge in [-0.15, -0.1) is 0 Å². The number of rotatable bonds is 6. The second-order valence-corrected chi connectivity index (χ2v) is 5.95. The zero-order chi connectivity index (χ0) is 18.5. The quantitative estimate of drug-likeness (QED) is 0.714. The third-order valence-corrected chi connectivity index (χ3v) is 4.20. The van der Waals surface area contributed by atoms with Crippen LogP contribution in [-0.2, 0) is 6.54 Å². The van der Waals surface area contributed by atoms with Crippen LogP contribution in [0.3, 0.4) is 0 Å². The van der Waals surface area contributed by atoms with Crippen LogP contribution in [0.2, 0.25) is 5.02 Å². The van der Waals surface area contributed by atoms with Gasteiger partial charge in [0.2, 0.25) is 0 Å². The molecular formula is C19H18ClN3O3. The molecule has 3 aromatic rings. The van der Waals surface area contributed by atoms with Crippen molar-refractivity contribution in [2.75, 3.05) is 19.5 Å². The lowest BCUT2D eigenvalue weighted by atomic mass is 10.2. The molecular weight excluding hydrogens is 354 g/mol. The number of nitrogens with one attached hydrogen (secondary N) is 1. The number of ether oxygens (including phenoxy) is 2. The van der Waals surface area contributed by atoms with E-state index in [9.17, 15) is 4.79 Å². The van der Waals surface area contributed by atoms with E-state index in [1.807, 2.05) is 24.3 Å². The molecule has 0 saturated carbocycles. The maximum absolute atomic E-state index is 12.4. The number of carbonyl (C=O) groups is 1. The monoisotopic (exact) mass is 371 g/mol. The maximum atomic E-state index is 12.4. The van der Waals surface area contributed by atoms with E-state index in [4.69, 9.17) is 21.1 Å². The molecule has 0 saturated heterocycles. The topological polar surface area (TPSA) is 65.4 Å². The molecule has 7 heteroatoms. The fourth-order valence-electron chi connectivity index (χ4n) is 2.49. The Kier molecular flexibility index (Phi) is 5.43. The van der Waals surface area contributed by atoms with E-state index in [2.05, 4.69) is 10.4 Å². The predicted octanol–water partition coefficient (Wildman–Crippen LogP) is 3.85. The first-order valence-electron chi connectivity index (χ1n) is 7.90. The van der Waals surface area contributed by atoms with Gasteiger partial charge in [-0.2, -0.15) is 5.10 Å². The molecule has 0 fully saturated rings. The van der Waals surface area contributed by atoms with Crippen molar-refractivity contribution in [3.8, 4) is 11.5 Å². The van der Waals surface area contributed by atoms with Crippen molar-refractivity contribution in [2.24, 2.45) is 0 Å². The molecule has 1 aromatic heterocycles. The zero-order valence-electron chi connectivity index (χ0n) is 14.4. The number of amides is 1. The molecule has 0 bridgehead atoms. The minimum Gasteiger partial charge on any atom is -0.493 e. The SMILES string of the molecule is COc1ccc(NC(=O)c2cnn(Cc3ccccc3Cl)c2)cc1OC. The lowest BCUT2D eigenvalue weighted by Crippen LogP contribution is -2.11. The second-order valence-electron chi connectivity index (χ2n) is 5.54. The van der Waals surface area contributed by atoms with Crippen LogP contribution in [0.15, 0.2) is 54.9 Å². The molecule has 0 radical (unpaired) electrons. The second kappa shape index (κ2) is 7.93. The van der Waals surface area contributed by atoms with Gasteiger partial charge < -0.3 is 14.8 Å². The van der Waals surface area contributed by atoms with Gasteiger partial charge in [-0.3, -0.25) is 9.48 Å². The third kappa shape index (κ3) is 3.97. The van der Waals surface area contributed by atoms with E-state index in [0.717, 1.165) is 5.56 Å². The van der Waals surface area contributed by atoms with Gasteiger partial charge in [0.25, 0.3) is 5.91 Å². The Hall–Kier alpha value is -2.99. The zero-order valence-corrected chi connectivity index (χ0v) is 15.2. The number of hydrogen-bond acceptors (Lipinski definition) is 4. The van der Waals surface area contributed by atoms with E-state index in [-0.39, 0.29) is 5.91 Å². The molecule has 1 N–H and O–H groups in total. The first-order valence-corrected chi connectivity index (χ1v) is 8.27. The van der Waals surface area contributed by atoms with E-state index < -0.39 is 0 Å². The molecule has 6 nitrogen and oxygen atoms in total. The van der Waals surface area contributed by atoms with Crippen molar-refractivity contribution in [3.63, 3.8) is 0 Å². The summed E-state index contributed by atoms with van der Waals surface area (Å²) < 4.78 is 12.1. The number of methoxy groups -OCH3 is 2. The predicted molar refractivity (Wildman–Crippen MR) is 100 cm³/mol. The molecule has 1 heterocycles. The molecule has 0 aliphatic heterocycles. The number of anilines is 1. The highest BCUT2D eigenvalue weighted by atomic mass is 35.5. The summed E-state index contributed by atoms with van der Waals surface area (Å²) in [5.74, 6) is 0.875. The molecule has 0 atom stereocenters. The molecule has 134 valence electrons. The Morgan fingerprint density at radius 3 is 2.65 bits per heavy atom. The van der Waals surface area contributed by atoms with Gasteiger partial charge in [0.1, 0.15) is 0 Å². The van der Waals surface area contributed by atoms with E-state index in [0.29, 0.717) is 34.3 Å². The summed E-state index contributed by atoms with van der Waals surface area (Å²) in [6.07, 6.45) is 3.20. The van der Waals surface area contributed by atoms with Crippen LogP contribution in [0.4, 0.5) is 5.69 Å². The first-order chi connectivity index (χ1) is 12.6. The maximum Gasteiger partial charge on any atom is 0.258 e. The summed E-state index contributed by atoms with van der Waals surface area (Å²) in [5.41, 5.74) is 1.99. The molecule has 0 aliphatic rings. The van der Waals surface area contributed by atoms with Crippen LogP contribution in [0.25, 0.3) is 0 Å². The van der Waals surface area contributed by atoms with Crippen LogP contribution in [0.1, 0.15) is 15.9 Å². The third-order valence-electron chi connectivity index (χ3n) is 3.83. The van der Waals surface area contributed by atoms with Crippen LogP contribution in [0, 0.1) is 0 Å². The van der Waals surface area contributed by atoms with Crippen molar-refractivity contribution in [1.29, 1.82) is 0 Å². The van der Waals surface area contributed by atoms with Crippen LogP contribution in [0.5, 0.6) is 11.5 Å². The molecule has 26 heavy (non-hydrogen) atoms. The van der Waals surface area contributed by atoms with Crippen molar-refractivity contribution >= 4 is 23.2 Å². The Morgan fingerprint density at radius 2 is 1.92 bits per heavy atom. The Labute approximate surface area is 156 Å². The molecule has 0 aliphatic carbocycles. The summed E-state index contributed by atoms with van der Waals surface area (Å²) in [7, 11) is 3.10. The number of hydrogen-bond donors (Lipinski definition) is 1. The number of halogens is 1. The lowest BCUT2D eigenvalue weighted by molar-refractivity contribution is 0.102. The van der Waals surface area contributed by atoms with Crippen LogP contribution >= 0.6 is 11.6 Å². The highest BCUT2D eigenvalue weighted by Crippen LogP contribution is 2.29. The highest BCUT2D eigenvalue weighted by molar-refractivity contribution is 6.31. The van der Waals surface area contributed by atoms with Crippen molar-refractivity contribution < 1.29 is 14.3 Å². The average Bonchev–Trinajstić information content (AvgIpc) is 3.12. The van der Waals surface area contributed by atoms with Gasteiger partial charge in [-0.05, 0) is 23.8 Å². The standard InChI is InChI=1S/C19H18ClN3O3/c1-25-17-8-7-15(9-18(17)26-2)22-19(24)14-10-21-23(12-14)11-13-5-3-4-6-16(13)20/h3-10,12H,11H2,1-2H3,(H,22,24). The number of benzene rings is 2. The van der Waals surface area contributed by atoms with Crippen molar-refractivity contribution in [1.82, 2.24) is 9.78 Å². The van der Waals surface area contributed by atoms with Gasteiger partial charge in [0, 0.05) is 23.0 Å². The van der Waals surface area contributed by atoms with Gasteiger partial charge >= 0.3 is 0 Å². The highest BCUT2D eigenvalue weighted by Gasteiger charge is 2.12. The Bertz CT molecular complexity index is 924. The fourth-order valence-corrected chi connectivity index (χ4v) is 2.68. The number of aromatic nitrogens is 2. The fraction of sp³-hybridized carbons (Fsp3) is 0.158. The summed E-state index contributed by atoms with van der Waals surface area (Å²) in [4.78, 5) is 12.4. The van der Waals surface area contributed by atoms with Crippen LogP contribution < -0.4 is 14.8 Å². The van der Waals surface area contributed by atoms with Gasteiger partial charge in [-0.1, -0.05) is 29.8 Å². The van der Waals surface area contributed by atoms with Gasteiger partial charge in [0.05, 0.1) is 32.5 Å². The largest absolute Gasteiger partial charge is 0.493 e. The van der Waals surface area contributed by atoms with Crippen molar-refractivity contribution in [2.45, 2.75) is 6.54 Å². The molecule has 0 spiro atoms. The Balaban J connectivity index is 1.71. The minimum atomic E-state index is -0.261. The smallest absolute Gasteiger partial charge is 0.258 e. The summed E-state index contributed by atoms with van der Waals surface area (Å²) >= 11 is 6.16. The minimum absolute atomic E-state index is 0.261.